The van der Waals surface area contributed by atoms with Crippen LogP contribution in [0.15, 0.2) is 30.7 Å². The first-order valence-electron chi connectivity index (χ1n) is 11.7. The van der Waals surface area contributed by atoms with Crippen LogP contribution in [0.2, 0.25) is 0 Å². The van der Waals surface area contributed by atoms with E-state index in [1.54, 1.807) is 0 Å². The van der Waals surface area contributed by atoms with Gasteiger partial charge in [-0.1, -0.05) is 19.9 Å². The molecule has 32 heavy (non-hydrogen) atoms. The molecule has 2 aliphatic heterocycles. The summed E-state index contributed by atoms with van der Waals surface area (Å²) in [7, 11) is 0. The SMILES string of the molecule is CC(C)COC1CCCN(C(=O)N2CCN(c3cnc4ncc5[nH]cccc5c34)CC2)C1. The summed E-state index contributed by atoms with van der Waals surface area (Å²) in [4.78, 5) is 31.8. The van der Waals surface area contributed by atoms with Gasteiger partial charge in [0, 0.05) is 57.5 Å². The number of anilines is 1. The Morgan fingerprint density at radius 2 is 1.97 bits per heavy atom. The lowest BCUT2D eigenvalue weighted by molar-refractivity contribution is -0.00611. The molecule has 0 aromatic carbocycles. The van der Waals surface area contributed by atoms with E-state index in [-0.39, 0.29) is 12.1 Å². The number of aromatic nitrogens is 3. The summed E-state index contributed by atoms with van der Waals surface area (Å²) in [6.45, 7) is 9.62. The third kappa shape index (κ3) is 4.11. The van der Waals surface area contributed by atoms with Crippen molar-refractivity contribution in [2.45, 2.75) is 32.8 Å². The van der Waals surface area contributed by atoms with Crippen LogP contribution in [0.1, 0.15) is 26.7 Å². The van der Waals surface area contributed by atoms with E-state index < -0.39 is 0 Å². The van der Waals surface area contributed by atoms with Crippen LogP contribution < -0.4 is 4.90 Å². The minimum atomic E-state index is 0.148. The smallest absolute Gasteiger partial charge is 0.320 e. The predicted molar refractivity (Wildman–Crippen MR) is 126 cm³/mol. The molecule has 0 aliphatic carbocycles. The average Bonchev–Trinajstić information content (AvgIpc) is 3.27. The highest BCUT2D eigenvalue weighted by Gasteiger charge is 2.30. The minimum absolute atomic E-state index is 0.148. The Kier molecular flexibility index (Phi) is 5.87. The van der Waals surface area contributed by atoms with Gasteiger partial charge in [0.1, 0.15) is 0 Å². The third-order valence-electron chi connectivity index (χ3n) is 6.47. The first-order valence-corrected chi connectivity index (χ1v) is 11.7. The Morgan fingerprint density at radius 1 is 1.16 bits per heavy atom. The second-order valence-corrected chi connectivity index (χ2v) is 9.29. The summed E-state index contributed by atoms with van der Waals surface area (Å²) in [6.07, 6.45) is 7.88. The number of piperidine rings is 1. The van der Waals surface area contributed by atoms with Crippen molar-refractivity contribution in [1.82, 2.24) is 24.8 Å². The number of nitrogens with zero attached hydrogens (tertiary/aromatic N) is 5. The maximum atomic E-state index is 13.2. The maximum Gasteiger partial charge on any atom is 0.320 e. The fraction of sp³-hybridized carbons (Fsp3) is 0.542. The number of pyridine rings is 2. The molecule has 2 aliphatic rings. The van der Waals surface area contributed by atoms with Gasteiger partial charge in [0.2, 0.25) is 0 Å². The lowest BCUT2D eigenvalue weighted by Crippen LogP contribution is -2.55. The molecular formula is C24H32N6O2. The standard InChI is InChI=1S/C24H32N6O2/c1-17(2)16-32-18-5-4-8-30(15-18)24(31)29-11-9-28(10-12-29)21-14-27-23-22(21)19-6-3-7-25-20(19)13-26-23/h3,6-7,13-14,17-18,25H,4-5,8-12,15-16H2,1-2H3. The van der Waals surface area contributed by atoms with Crippen molar-refractivity contribution >= 4 is 33.7 Å². The van der Waals surface area contributed by atoms with Crippen molar-refractivity contribution in [3.8, 4) is 0 Å². The number of amides is 2. The lowest BCUT2D eigenvalue weighted by atomic mass is 10.1. The van der Waals surface area contributed by atoms with Crippen LogP contribution in [0, 0.1) is 5.92 Å². The summed E-state index contributed by atoms with van der Waals surface area (Å²) in [6, 6.07) is 4.26. The second kappa shape index (κ2) is 8.94. The average molecular weight is 437 g/mol. The number of hydrogen-bond acceptors (Lipinski definition) is 5. The quantitative estimate of drug-likeness (QED) is 0.677. The molecule has 8 heteroatoms. The Labute approximate surface area is 188 Å². The Balaban J connectivity index is 1.25. The minimum Gasteiger partial charge on any atom is -0.376 e. The van der Waals surface area contributed by atoms with Crippen molar-refractivity contribution < 1.29 is 9.53 Å². The summed E-state index contributed by atoms with van der Waals surface area (Å²) >= 11 is 0. The molecule has 0 saturated carbocycles. The Bertz CT molecular complexity index is 1090. The number of hydrogen-bond donors (Lipinski definition) is 1. The van der Waals surface area contributed by atoms with Gasteiger partial charge < -0.3 is 24.4 Å². The largest absolute Gasteiger partial charge is 0.376 e. The number of urea groups is 1. The van der Waals surface area contributed by atoms with Gasteiger partial charge in [0.15, 0.2) is 5.65 Å². The number of carbonyl (C=O) groups excluding carboxylic acids is 1. The van der Waals surface area contributed by atoms with Gasteiger partial charge in [-0.25, -0.2) is 14.8 Å². The molecule has 1 atom stereocenters. The first-order chi connectivity index (χ1) is 15.6. The third-order valence-corrected chi connectivity index (χ3v) is 6.47. The molecule has 3 aromatic heterocycles. The number of piperazine rings is 1. The predicted octanol–water partition coefficient (Wildman–Crippen LogP) is 3.49. The van der Waals surface area contributed by atoms with Crippen LogP contribution in [-0.2, 0) is 4.74 Å². The molecule has 8 nitrogen and oxygen atoms in total. The molecule has 2 fully saturated rings. The van der Waals surface area contributed by atoms with Crippen molar-refractivity contribution in [1.29, 1.82) is 0 Å². The molecule has 3 aromatic rings. The van der Waals surface area contributed by atoms with Crippen molar-refractivity contribution in [2.75, 3.05) is 50.8 Å². The summed E-state index contributed by atoms with van der Waals surface area (Å²) in [5.41, 5.74) is 2.87. The molecule has 170 valence electrons. The van der Waals surface area contributed by atoms with Crippen LogP contribution in [0.4, 0.5) is 10.5 Å². The number of ether oxygens (including phenoxy) is 1. The molecule has 1 unspecified atom stereocenters. The first kappa shape index (κ1) is 21.0. The number of nitrogens with one attached hydrogen (secondary N) is 1. The molecule has 2 amide bonds. The van der Waals surface area contributed by atoms with Crippen molar-refractivity contribution in [3.63, 3.8) is 0 Å². The topological polar surface area (TPSA) is 77.6 Å². The van der Waals surface area contributed by atoms with Crippen LogP contribution >= 0.6 is 0 Å². The van der Waals surface area contributed by atoms with Crippen LogP contribution in [0.3, 0.4) is 0 Å². The van der Waals surface area contributed by atoms with E-state index >= 15 is 0 Å². The lowest BCUT2D eigenvalue weighted by Gasteiger charge is -2.40. The number of H-pyrrole nitrogens is 1. The zero-order valence-electron chi connectivity index (χ0n) is 19.0. The van der Waals surface area contributed by atoms with Crippen LogP contribution in [0.5, 0.6) is 0 Å². The molecule has 0 spiro atoms. The molecular weight excluding hydrogens is 404 g/mol. The molecule has 0 radical (unpaired) electrons. The van der Waals surface area contributed by atoms with Gasteiger partial charge in [-0.3, -0.25) is 0 Å². The number of fused-ring (bicyclic) bond motifs is 3. The fourth-order valence-corrected chi connectivity index (χ4v) is 4.78. The van der Waals surface area contributed by atoms with E-state index in [0.717, 1.165) is 66.7 Å². The monoisotopic (exact) mass is 436 g/mol. The number of aromatic amines is 1. The van der Waals surface area contributed by atoms with E-state index in [2.05, 4.69) is 39.8 Å². The van der Waals surface area contributed by atoms with E-state index in [9.17, 15) is 4.79 Å². The van der Waals surface area contributed by atoms with E-state index in [1.165, 1.54) is 0 Å². The van der Waals surface area contributed by atoms with Gasteiger partial charge in [0.05, 0.1) is 35.1 Å². The summed E-state index contributed by atoms with van der Waals surface area (Å²) < 4.78 is 6.02. The number of rotatable bonds is 4. The van der Waals surface area contributed by atoms with Crippen molar-refractivity contribution in [3.05, 3.63) is 30.7 Å². The summed E-state index contributed by atoms with van der Waals surface area (Å²) in [5, 5.41) is 2.21. The van der Waals surface area contributed by atoms with E-state index in [0.29, 0.717) is 25.6 Å². The molecule has 1 N–H and O–H groups in total. The highest BCUT2D eigenvalue weighted by Crippen LogP contribution is 2.32. The fourth-order valence-electron chi connectivity index (χ4n) is 4.78. The Morgan fingerprint density at radius 3 is 2.78 bits per heavy atom. The normalized spacial score (nSPS) is 20.0. The summed E-state index contributed by atoms with van der Waals surface area (Å²) in [5.74, 6) is 0.515. The van der Waals surface area contributed by atoms with Crippen LogP contribution in [-0.4, -0.2) is 82.8 Å². The van der Waals surface area contributed by atoms with Crippen LogP contribution in [0.25, 0.3) is 21.9 Å². The second-order valence-electron chi connectivity index (χ2n) is 9.29. The number of carbonyl (C=O) groups is 1. The maximum absolute atomic E-state index is 13.2. The van der Waals surface area contributed by atoms with Crippen molar-refractivity contribution in [2.24, 2.45) is 5.92 Å². The van der Waals surface area contributed by atoms with E-state index in [1.807, 2.05) is 34.5 Å². The highest BCUT2D eigenvalue weighted by molar-refractivity contribution is 6.10. The molecule has 2 saturated heterocycles. The zero-order valence-corrected chi connectivity index (χ0v) is 19.0. The highest BCUT2D eigenvalue weighted by atomic mass is 16.5. The number of likely N-dealkylation sites (tertiary alicyclic amines) is 1. The van der Waals surface area contributed by atoms with Gasteiger partial charge >= 0.3 is 6.03 Å². The van der Waals surface area contributed by atoms with Gasteiger partial charge in [0.25, 0.3) is 0 Å². The van der Waals surface area contributed by atoms with Gasteiger partial charge in [-0.15, -0.1) is 0 Å². The molecule has 0 bridgehead atoms. The van der Waals surface area contributed by atoms with Gasteiger partial charge in [-0.2, -0.15) is 0 Å². The molecule has 5 rings (SSSR count). The Hall–Kier alpha value is -2.87. The molecule has 5 heterocycles. The van der Waals surface area contributed by atoms with E-state index in [4.69, 9.17) is 4.74 Å². The zero-order chi connectivity index (χ0) is 22.1. The van der Waals surface area contributed by atoms with Gasteiger partial charge in [-0.05, 0) is 24.8 Å².